The van der Waals surface area contributed by atoms with Crippen molar-refractivity contribution in [3.05, 3.63) is 0 Å². The summed E-state index contributed by atoms with van der Waals surface area (Å²) in [5, 5.41) is 0. The van der Waals surface area contributed by atoms with Gasteiger partial charge in [-0.2, -0.15) is 8.57 Å². The molecule has 0 amide bonds. The molecular weight excluding hydrogens is 184 g/mol. The third-order valence-electron chi connectivity index (χ3n) is 2.19. The van der Waals surface area contributed by atoms with Crippen LogP contribution in [0.25, 0.3) is 0 Å². The quantitative estimate of drug-likeness (QED) is 0.440. The number of hydrogen-bond acceptors (Lipinski definition) is 3. The molecule has 13 heavy (non-hydrogen) atoms. The predicted octanol–water partition coefficient (Wildman–Crippen LogP) is 2.28. The maximum Gasteiger partial charge on any atom is 0.199 e. The Bertz CT molecular complexity index is 178. The summed E-state index contributed by atoms with van der Waals surface area (Å²) in [6.45, 7) is 7.19. The number of rotatable bonds is 8. The molecule has 0 spiro atoms. The molecule has 0 aromatic rings. The van der Waals surface area contributed by atoms with E-state index >= 15 is 0 Å². The Balaban J connectivity index is 3.46. The summed E-state index contributed by atoms with van der Waals surface area (Å²) in [7, 11) is 0. The van der Waals surface area contributed by atoms with Gasteiger partial charge < -0.3 is 4.99 Å². The Morgan fingerprint density at radius 2 is 2.15 bits per heavy atom. The van der Waals surface area contributed by atoms with E-state index in [2.05, 4.69) is 23.0 Å². The van der Waals surface area contributed by atoms with Gasteiger partial charge in [0.15, 0.2) is 11.5 Å². The van der Waals surface area contributed by atoms with Gasteiger partial charge in [0.1, 0.15) is 0 Å². The zero-order valence-electron chi connectivity index (χ0n) is 8.24. The lowest BCUT2D eigenvalue weighted by molar-refractivity contribution is 0.434. The molecule has 4 heteroatoms. The summed E-state index contributed by atoms with van der Waals surface area (Å²) in [5.41, 5.74) is 0. The molecular formula is C9H18N2OS. The Morgan fingerprint density at radius 3 is 2.69 bits per heavy atom. The fourth-order valence-electron chi connectivity index (χ4n) is 1.31. The molecule has 0 N–H and O–H groups in total. The van der Waals surface area contributed by atoms with Crippen LogP contribution in [-0.4, -0.2) is 24.0 Å². The summed E-state index contributed by atoms with van der Waals surface area (Å²) in [6, 6.07) is 0. The Morgan fingerprint density at radius 1 is 1.38 bits per heavy atom. The normalized spacial score (nSPS) is 12.1. The number of aliphatic imine (C=N–C) groups is 1. The first kappa shape index (κ1) is 12.5. The summed E-state index contributed by atoms with van der Waals surface area (Å²) in [4.78, 5) is 3.84. The topological polar surface area (TPSA) is 41.8 Å². The molecule has 0 aromatic carbocycles. The lowest BCUT2D eigenvalue weighted by atomic mass is 9.97. The maximum absolute atomic E-state index is 9.94. The molecule has 1 atom stereocenters. The average molecular weight is 202 g/mol. The second-order valence-electron chi connectivity index (χ2n) is 3.08. The minimum atomic E-state index is 0.325. The first-order valence-electron chi connectivity index (χ1n) is 4.73. The van der Waals surface area contributed by atoms with Gasteiger partial charge in [-0.1, -0.05) is 13.3 Å². The number of hydrogen-bond donors (Lipinski definition) is 0. The largest absolute Gasteiger partial charge is 0.301 e. The van der Waals surface area contributed by atoms with Crippen LogP contribution >= 0.6 is 0 Å². The molecule has 0 saturated heterocycles. The third kappa shape index (κ3) is 7.84. The van der Waals surface area contributed by atoms with E-state index in [0.29, 0.717) is 18.0 Å². The highest BCUT2D eigenvalue weighted by molar-refractivity contribution is 7.54. The highest BCUT2D eigenvalue weighted by Gasteiger charge is 2.04. The van der Waals surface area contributed by atoms with Crippen LogP contribution in [0.2, 0.25) is 0 Å². The van der Waals surface area contributed by atoms with Crippen LogP contribution in [0.4, 0.5) is 0 Å². The molecule has 0 aliphatic rings. The van der Waals surface area contributed by atoms with E-state index in [4.69, 9.17) is 0 Å². The minimum absolute atomic E-state index is 0.325. The molecule has 0 fully saturated rings. The van der Waals surface area contributed by atoms with E-state index in [9.17, 15) is 4.21 Å². The van der Waals surface area contributed by atoms with Crippen molar-refractivity contribution in [3.8, 4) is 0 Å². The highest BCUT2D eigenvalue weighted by Crippen LogP contribution is 2.15. The van der Waals surface area contributed by atoms with Gasteiger partial charge in [0.2, 0.25) is 0 Å². The Labute approximate surface area is 83.9 Å². The Kier molecular flexibility index (Phi) is 9.20. The van der Waals surface area contributed by atoms with E-state index in [0.717, 1.165) is 31.7 Å². The predicted molar refractivity (Wildman–Crippen MR) is 57.5 cm³/mol. The van der Waals surface area contributed by atoms with Crippen molar-refractivity contribution in [2.24, 2.45) is 15.3 Å². The zero-order valence-corrected chi connectivity index (χ0v) is 9.05. The van der Waals surface area contributed by atoms with Gasteiger partial charge in [-0.25, -0.2) is 0 Å². The molecule has 1 unspecified atom stereocenters. The van der Waals surface area contributed by atoms with Gasteiger partial charge in [-0.15, -0.1) is 0 Å². The van der Waals surface area contributed by atoms with Gasteiger partial charge in [-0.05, 0) is 31.9 Å². The SMILES string of the molecule is C=NCCC(CC)CCCN=S=O. The van der Waals surface area contributed by atoms with Crippen molar-refractivity contribution in [3.63, 3.8) is 0 Å². The monoisotopic (exact) mass is 202 g/mol. The summed E-state index contributed by atoms with van der Waals surface area (Å²) < 4.78 is 13.6. The summed E-state index contributed by atoms with van der Waals surface area (Å²) in [6.07, 6.45) is 4.46. The highest BCUT2D eigenvalue weighted by atomic mass is 32.1. The molecule has 0 aliphatic heterocycles. The van der Waals surface area contributed by atoms with Crippen LogP contribution in [-0.2, 0) is 11.5 Å². The van der Waals surface area contributed by atoms with Crippen molar-refractivity contribution < 1.29 is 4.21 Å². The molecule has 0 heterocycles. The number of nitrogens with zero attached hydrogens (tertiary/aromatic N) is 2. The van der Waals surface area contributed by atoms with E-state index in [1.54, 1.807) is 0 Å². The molecule has 76 valence electrons. The van der Waals surface area contributed by atoms with E-state index in [1.807, 2.05) is 0 Å². The van der Waals surface area contributed by atoms with Crippen molar-refractivity contribution in [1.29, 1.82) is 0 Å². The first-order chi connectivity index (χ1) is 6.35. The second-order valence-corrected chi connectivity index (χ2v) is 3.49. The van der Waals surface area contributed by atoms with Crippen molar-refractivity contribution >= 4 is 18.2 Å². The van der Waals surface area contributed by atoms with Gasteiger partial charge in [0.25, 0.3) is 0 Å². The van der Waals surface area contributed by atoms with Gasteiger partial charge in [0, 0.05) is 6.54 Å². The second kappa shape index (κ2) is 9.58. The molecule has 3 nitrogen and oxygen atoms in total. The van der Waals surface area contributed by atoms with E-state index in [1.165, 1.54) is 6.42 Å². The average Bonchev–Trinajstić information content (AvgIpc) is 2.17. The summed E-state index contributed by atoms with van der Waals surface area (Å²) in [5.74, 6) is 0.720. The molecule has 0 rings (SSSR count). The molecule has 0 radical (unpaired) electrons. The fourth-order valence-corrected chi connectivity index (χ4v) is 1.51. The van der Waals surface area contributed by atoms with Crippen LogP contribution in [0.1, 0.15) is 32.6 Å². The van der Waals surface area contributed by atoms with Gasteiger partial charge in [-0.3, -0.25) is 0 Å². The third-order valence-corrected chi connectivity index (χ3v) is 2.48. The fraction of sp³-hybridized carbons (Fsp3) is 0.889. The lowest BCUT2D eigenvalue weighted by Crippen LogP contribution is -2.01. The van der Waals surface area contributed by atoms with Crippen LogP contribution in [0, 0.1) is 5.92 Å². The van der Waals surface area contributed by atoms with Crippen molar-refractivity contribution in [1.82, 2.24) is 0 Å². The molecule has 0 aliphatic carbocycles. The first-order valence-corrected chi connectivity index (χ1v) is 5.43. The Hall–Kier alpha value is -0.510. The van der Waals surface area contributed by atoms with Crippen LogP contribution in [0.15, 0.2) is 9.36 Å². The van der Waals surface area contributed by atoms with Crippen LogP contribution in [0.5, 0.6) is 0 Å². The van der Waals surface area contributed by atoms with Crippen LogP contribution in [0.3, 0.4) is 0 Å². The van der Waals surface area contributed by atoms with E-state index in [-0.39, 0.29) is 0 Å². The standard InChI is InChI=1S/C9H18N2OS/c1-3-9(6-8-10-2)5-4-7-11-13-12/h9H,2-8H2,1H3. The minimum Gasteiger partial charge on any atom is -0.301 e. The van der Waals surface area contributed by atoms with Crippen LogP contribution < -0.4 is 0 Å². The maximum atomic E-state index is 9.94. The molecule has 0 saturated carbocycles. The smallest absolute Gasteiger partial charge is 0.199 e. The zero-order chi connectivity index (χ0) is 9.94. The van der Waals surface area contributed by atoms with Crippen molar-refractivity contribution in [2.45, 2.75) is 32.6 Å². The van der Waals surface area contributed by atoms with E-state index < -0.39 is 0 Å². The lowest BCUT2D eigenvalue weighted by Gasteiger charge is -2.11. The van der Waals surface area contributed by atoms with Gasteiger partial charge in [0.05, 0.1) is 6.54 Å². The van der Waals surface area contributed by atoms with Crippen molar-refractivity contribution in [2.75, 3.05) is 13.1 Å². The molecule has 0 aromatic heterocycles. The molecule has 0 bridgehead atoms. The van der Waals surface area contributed by atoms with Gasteiger partial charge >= 0.3 is 0 Å². The summed E-state index contributed by atoms with van der Waals surface area (Å²) >= 11 is 0.325.